The van der Waals surface area contributed by atoms with Crippen LogP contribution in [-0.2, 0) is 25.6 Å². The number of Topliss-reactive ketones (excluding diaryl/α,β-unsaturated/α-hetero) is 1. The Morgan fingerprint density at radius 2 is 1.94 bits per heavy atom. The Bertz CT molecular complexity index is 917. The number of aliphatic hydroxyl groups is 1. The summed E-state index contributed by atoms with van der Waals surface area (Å²) in [6.07, 6.45) is 3.63. The van der Waals surface area contributed by atoms with Gasteiger partial charge in [0.05, 0.1) is 26.9 Å². The van der Waals surface area contributed by atoms with Crippen LogP contribution < -0.4 is 4.74 Å². The largest absolute Gasteiger partial charge is 0.505 e. The summed E-state index contributed by atoms with van der Waals surface area (Å²) in [5.41, 5.74) is 1.14. The monoisotopic (exact) mass is 487 g/mol. The van der Waals surface area contributed by atoms with E-state index in [4.69, 9.17) is 24.3 Å². The Labute approximate surface area is 208 Å². The highest BCUT2D eigenvalue weighted by atomic mass is 16.8. The third-order valence-corrected chi connectivity index (χ3v) is 6.60. The zero-order valence-electron chi connectivity index (χ0n) is 21.4. The molecule has 192 valence electrons. The summed E-state index contributed by atoms with van der Waals surface area (Å²) in [5.74, 6) is -0.529. The molecular formula is C27H39N2O6+. The van der Waals surface area contributed by atoms with Crippen molar-refractivity contribution in [2.24, 2.45) is 5.92 Å². The van der Waals surface area contributed by atoms with E-state index in [-0.39, 0.29) is 24.4 Å². The van der Waals surface area contributed by atoms with E-state index < -0.39 is 17.3 Å². The molecule has 35 heavy (non-hydrogen) atoms. The Morgan fingerprint density at radius 1 is 1.26 bits per heavy atom. The molecule has 2 atom stereocenters. The highest BCUT2D eigenvalue weighted by molar-refractivity contribution is 5.82. The number of allylic oxidation sites excluding steroid dienone is 1. The molecule has 0 unspecified atom stereocenters. The number of ether oxygens (including phenoxy) is 4. The van der Waals surface area contributed by atoms with E-state index >= 15 is 0 Å². The Morgan fingerprint density at radius 3 is 2.51 bits per heavy atom. The quantitative estimate of drug-likeness (QED) is 0.181. The van der Waals surface area contributed by atoms with Crippen molar-refractivity contribution in [1.29, 1.82) is 5.39 Å². The smallest absolute Gasteiger partial charge is 0.387 e. The molecule has 8 heteroatoms. The topological polar surface area (TPSA) is 102 Å². The van der Waals surface area contributed by atoms with E-state index in [2.05, 4.69) is 11.6 Å². The van der Waals surface area contributed by atoms with Crippen molar-refractivity contribution >= 4 is 5.78 Å². The number of hydrogen-bond acceptors (Lipinski definition) is 7. The minimum Gasteiger partial charge on any atom is -0.505 e. The molecule has 1 saturated heterocycles. The number of benzene rings is 1. The number of hydrogen-bond donors (Lipinski definition) is 1. The van der Waals surface area contributed by atoms with Crippen LogP contribution in [0.2, 0.25) is 0 Å². The van der Waals surface area contributed by atoms with Gasteiger partial charge >= 0.3 is 6.20 Å². The molecule has 1 heterocycles. The predicted octanol–water partition coefficient (Wildman–Crippen LogP) is 6.09. The molecule has 8 nitrogen and oxygen atoms in total. The summed E-state index contributed by atoms with van der Waals surface area (Å²) in [6, 6.07) is 7.69. The first-order chi connectivity index (χ1) is 16.7. The SMILES string of the molecule is C=C(CC[C@@H](C(=O)CC/C(O)=C/[N+]#N)[C@@]1(C)COC(CC)(CC)O1)COCc1ccc(OC)cc1. The Kier molecular flexibility index (Phi) is 10.9. The molecular weight excluding hydrogens is 448 g/mol. The van der Waals surface area contributed by atoms with Crippen molar-refractivity contribution < 1.29 is 28.8 Å². The molecule has 1 fully saturated rings. The van der Waals surface area contributed by atoms with Crippen LogP contribution >= 0.6 is 0 Å². The highest BCUT2D eigenvalue weighted by Gasteiger charge is 2.51. The summed E-state index contributed by atoms with van der Waals surface area (Å²) in [6.45, 7) is 11.2. The Hall–Kier alpha value is -2.73. The van der Waals surface area contributed by atoms with Gasteiger partial charge in [-0.2, -0.15) is 0 Å². The van der Waals surface area contributed by atoms with Crippen molar-refractivity contribution in [3.63, 3.8) is 0 Å². The van der Waals surface area contributed by atoms with Gasteiger partial charge in [0.2, 0.25) is 5.39 Å². The molecule has 0 aromatic heterocycles. The molecule has 1 aromatic rings. The van der Waals surface area contributed by atoms with Crippen LogP contribution in [0.3, 0.4) is 0 Å². The molecule has 1 aliphatic rings. The minimum atomic E-state index is -0.784. The molecule has 0 amide bonds. The number of ketones is 1. The van der Waals surface area contributed by atoms with Gasteiger partial charge in [0.1, 0.15) is 17.1 Å². The van der Waals surface area contributed by atoms with Gasteiger partial charge in [-0.15, -0.1) is 0 Å². The van der Waals surface area contributed by atoms with Gasteiger partial charge in [-0.25, -0.2) is 0 Å². The maximum atomic E-state index is 13.3. The van der Waals surface area contributed by atoms with Crippen LogP contribution in [0, 0.1) is 11.3 Å². The van der Waals surface area contributed by atoms with Gasteiger partial charge in [0, 0.05) is 18.8 Å². The molecule has 0 bridgehead atoms. The molecule has 0 aliphatic carbocycles. The Balaban J connectivity index is 1.99. The summed E-state index contributed by atoms with van der Waals surface area (Å²) in [5, 5.41) is 18.4. The summed E-state index contributed by atoms with van der Waals surface area (Å²) < 4.78 is 23.4. The lowest BCUT2D eigenvalue weighted by Crippen LogP contribution is -2.44. The molecule has 1 N–H and O–H groups in total. The molecule has 0 spiro atoms. The standard InChI is InChI=1S/C27H38N2O6/c1-6-27(7-2)34-19-26(4,35-27)24(25(31)15-11-22(30)16-29-28)14-8-20(3)17-33-18-21-9-12-23(32-5)13-10-21/h9-10,12-13,16,24H,3,6-8,11,14-15,17-19H2,1-2,4-5H3/p+1/b22-16-/t24-,26+/m0/s1. The number of rotatable bonds is 15. The normalized spacial score (nSPS) is 20.3. The molecule has 0 saturated carbocycles. The van der Waals surface area contributed by atoms with Gasteiger partial charge in [-0.3, -0.25) is 4.79 Å². The number of carbonyl (C=O) groups is 1. The van der Waals surface area contributed by atoms with Crippen LogP contribution in [0.4, 0.5) is 0 Å². The summed E-state index contributed by atoms with van der Waals surface area (Å²) >= 11 is 0. The molecule has 1 aliphatic heterocycles. The van der Waals surface area contributed by atoms with Crippen LogP contribution in [0.15, 0.2) is 48.4 Å². The predicted molar refractivity (Wildman–Crippen MR) is 133 cm³/mol. The number of diazo groups is 1. The van der Waals surface area contributed by atoms with E-state index in [0.29, 0.717) is 45.5 Å². The number of methoxy groups -OCH3 is 1. The first-order valence-corrected chi connectivity index (χ1v) is 12.2. The van der Waals surface area contributed by atoms with Crippen molar-refractivity contribution in [3.05, 3.63) is 58.9 Å². The van der Waals surface area contributed by atoms with Gasteiger partial charge in [0.25, 0.3) is 0 Å². The highest BCUT2D eigenvalue weighted by Crippen LogP contribution is 2.42. The second kappa shape index (κ2) is 13.4. The van der Waals surface area contributed by atoms with Crippen molar-refractivity contribution in [3.8, 4) is 5.75 Å². The lowest BCUT2D eigenvalue weighted by molar-refractivity contribution is -0.197. The third-order valence-electron chi connectivity index (χ3n) is 6.60. The maximum absolute atomic E-state index is 13.3. The third kappa shape index (κ3) is 8.17. The zero-order valence-corrected chi connectivity index (χ0v) is 21.4. The van der Waals surface area contributed by atoms with Gasteiger partial charge in [0.15, 0.2) is 16.5 Å². The number of aliphatic hydroxyl groups excluding tert-OH is 1. The van der Waals surface area contributed by atoms with Gasteiger partial charge < -0.3 is 24.1 Å². The van der Waals surface area contributed by atoms with E-state index in [1.807, 2.05) is 45.0 Å². The van der Waals surface area contributed by atoms with Crippen LogP contribution in [0.5, 0.6) is 5.75 Å². The van der Waals surface area contributed by atoms with Crippen LogP contribution in [-0.4, -0.2) is 42.6 Å². The lowest BCUT2D eigenvalue weighted by Gasteiger charge is -2.34. The average molecular weight is 488 g/mol. The fourth-order valence-electron chi connectivity index (χ4n) is 4.35. The second-order valence-corrected chi connectivity index (χ2v) is 9.21. The van der Waals surface area contributed by atoms with Crippen LogP contribution in [0.25, 0.3) is 4.98 Å². The fraction of sp³-hybridized carbons (Fsp3) is 0.593. The summed E-state index contributed by atoms with van der Waals surface area (Å²) in [7, 11) is 1.63. The van der Waals surface area contributed by atoms with E-state index in [0.717, 1.165) is 23.1 Å². The van der Waals surface area contributed by atoms with E-state index in [9.17, 15) is 9.90 Å². The first-order valence-electron chi connectivity index (χ1n) is 12.2. The first kappa shape index (κ1) is 28.5. The van der Waals surface area contributed by atoms with Crippen LogP contribution in [0.1, 0.15) is 64.9 Å². The van der Waals surface area contributed by atoms with Crippen molar-refractivity contribution in [1.82, 2.24) is 0 Å². The van der Waals surface area contributed by atoms with Gasteiger partial charge in [-0.1, -0.05) is 38.1 Å². The van der Waals surface area contributed by atoms with Crippen molar-refractivity contribution in [2.75, 3.05) is 20.3 Å². The second-order valence-electron chi connectivity index (χ2n) is 9.21. The van der Waals surface area contributed by atoms with Gasteiger partial charge in [-0.05, 0) is 50.3 Å². The molecule has 0 radical (unpaired) electrons. The fourth-order valence-corrected chi connectivity index (χ4v) is 4.35. The lowest BCUT2D eigenvalue weighted by atomic mass is 9.80. The molecule has 2 rings (SSSR count). The van der Waals surface area contributed by atoms with E-state index in [1.165, 1.54) is 0 Å². The zero-order chi connectivity index (χ0) is 25.9. The number of nitrogens with zero attached hydrogens (tertiary/aromatic N) is 2. The summed E-state index contributed by atoms with van der Waals surface area (Å²) in [4.78, 5) is 16.1. The molecule has 1 aromatic carbocycles. The number of carbonyl (C=O) groups excluding carboxylic acids is 1. The van der Waals surface area contributed by atoms with E-state index in [1.54, 1.807) is 7.11 Å². The maximum Gasteiger partial charge on any atom is 0.387 e. The van der Waals surface area contributed by atoms with Crippen molar-refractivity contribution in [2.45, 2.75) is 77.3 Å². The minimum absolute atomic E-state index is 0.0380. The average Bonchev–Trinajstić information content (AvgIpc) is 3.21.